The highest BCUT2D eigenvalue weighted by Crippen LogP contribution is 2.16. The molecule has 0 aromatic carbocycles. The minimum Gasteiger partial charge on any atom is -0.482 e. The van der Waals surface area contributed by atoms with E-state index in [1.165, 1.54) is 0 Å². The zero-order valence-electron chi connectivity index (χ0n) is 13.3. The average Bonchev–Trinajstić information content (AvgIpc) is 3.22. The Kier molecular flexibility index (Phi) is 4.61. The van der Waals surface area contributed by atoms with E-state index < -0.39 is 0 Å². The second-order valence-electron chi connectivity index (χ2n) is 5.71. The first kappa shape index (κ1) is 15.5. The first-order valence-electron chi connectivity index (χ1n) is 7.59. The molecule has 0 saturated carbocycles. The fourth-order valence-electron chi connectivity index (χ4n) is 2.57. The summed E-state index contributed by atoms with van der Waals surface area (Å²) in [6.45, 7) is 0.921. The van der Waals surface area contributed by atoms with Crippen molar-refractivity contribution in [3.63, 3.8) is 0 Å². The molecule has 1 amide bonds. The van der Waals surface area contributed by atoms with Gasteiger partial charge in [-0.3, -0.25) is 9.48 Å². The van der Waals surface area contributed by atoms with E-state index in [1.54, 1.807) is 29.6 Å². The largest absolute Gasteiger partial charge is 0.482 e. The summed E-state index contributed by atoms with van der Waals surface area (Å²) < 4.78 is 14.9. The molecule has 1 fully saturated rings. The van der Waals surface area contributed by atoms with Crippen LogP contribution in [0, 0.1) is 0 Å². The maximum absolute atomic E-state index is 12.1. The molecule has 8 nitrogen and oxygen atoms in total. The molecule has 1 aliphatic rings. The van der Waals surface area contributed by atoms with Gasteiger partial charge in [0.1, 0.15) is 6.10 Å². The Hall–Kier alpha value is -2.35. The minimum absolute atomic E-state index is 0.0125. The van der Waals surface area contributed by atoms with Crippen LogP contribution in [0.15, 0.2) is 24.9 Å². The Labute approximate surface area is 134 Å². The van der Waals surface area contributed by atoms with Gasteiger partial charge < -0.3 is 19.4 Å². The highest BCUT2D eigenvalue weighted by molar-refractivity contribution is 5.76. The number of aryl methyl sites for hydroxylation is 3. The number of hydrogen-bond donors (Lipinski definition) is 1. The molecule has 0 aliphatic carbocycles. The third kappa shape index (κ3) is 3.89. The molecule has 8 heteroatoms. The number of nitrogens with one attached hydrogen (secondary N) is 1. The highest BCUT2D eigenvalue weighted by Gasteiger charge is 2.31. The van der Waals surface area contributed by atoms with Gasteiger partial charge in [-0.25, -0.2) is 4.98 Å². The van der Waals surface area contributed by atoms with Crippen molar-refractivity contribution in [2.75, 3.05) is 13.2 Å². The Balaban J connectivity index is 1.49. The molecule has 23 heavy (non-hydrogen) atoms. The first-order chi connectivity index (χ1) is 11.1. The molecule has 124 valence electrons. The lowest BCUT2D eigenvalue weighted by Gasteiger charge is -2.19. The number of carbonyl (C=O) groups is 1. The van der Waals surface area contributed by atoms with Crippen LogP contribution >= 0.6 is 0 Å². The molecular weight excluding hydrogens is 298 g/mol. The van der Waals surface area contributed by atoms with Crippen LogP contribution in [0.3, 0.4) is 0 Å². The molecular formula is C15H21N5O3. The smallest absolute Gasteiger partial charge is 0.220 e. The van der Waals surface area contributed by atoms with Crippen LogP contribution in [0.5, 0.6) is 5.75 Å². The van der Waals surface area contributed by atoms with Crippen molar-refractivity contribution in [3.8, 4) is 5.75 Å². The summed E-state index contributed by atoms with van der Waals surface area (Å²) in [5, 5.41) is 7.06. The maximum atomic E-state index is 12.1. The van der Waals surface area contributed by atoms with E-state index in [0.717, 1.165) is 5.69 Å². The molecule has 2 aromatic heterocycles. The maximum Gasteiger partial charge on any atom is 0.220 e. The summed E-state index contributed by atoms with van der Waals surface area (Å²) in [6.07, 6.45) is 7.83. The third-order valence-electron chi connectivity index (χ3n) is 3.87. The summed E-state index contributed by atoms with van der Waals surface area (Å²) in [6, 6.07) is -0.144. The molecule has 2 atom stereocenters. The van der Waals surface area contributed by atoms with E-state index in [-0.39, 0.29) is 18.1 Å². The van der Waals surface area contributed by atoms with Crippen LogP contribution < -0.4 is 10.1 Å². The van der Waals surface area contributed by atoms with Crippen LogP contribution in [0.4, 0.5) is 0 Å². The number of hydrogen-bond acceptors (Lipinski definition) is 5. The van der Waals surface area contributed by atoms with E-state index in [9.17, 15) is 4.79 Å². The molecule has 3 heterocycles. The molecule has 0 bridgehead atoms. The Morgan fingerprint density at radius 2 is 2.30 bits per heavy atom. The molecule has 1 saturated heterocycles. The molecule has 3 rings (SSSR count). The SMILES string of the molecule is Cn1cc(O[C@@H]2COC[C@@H]2NC(=O)CCc2cncn2C)cn1. The predicted octanol–water partition coefficient (Wildman–Crippen LogP) is 0.0488. The van der Waals surface area contributed by atoms with Crippen LogP contribution in [0.1, 0.15) is 12.1 Å². The van der Waals surface area contributed by atoms with Gasteiger partial charge in [0.15, 0.2) is 5.75 Å². The van der Waals surface area contributed by atoms with Crippen molar-refractivity contribution in [2.45, 2.75) is 25.0 Å². The van der Waals surface area contributed by atoms with Crippen LogP contribution in [0.2, 0.25) is 0 Å². The van der Waals surface area contributed by atoms with Crippen molar-refractivity contribution in [1.29, 1.82) is 0 Å². The van der Waals surface area contributed by atoms with Gasteiger partial charge in [0.25, 0.3) is 0 Å². The number of ether oxygens (including phenoxy) is 2. The van der Waals surface area contributed by atoms with Crippen molar-refractivity contribution < 1.29 is 14.3 Å². The zero-order chi connectivity index (χ0) is 16.2. The second-order valence-corrected chi connectivity index (χ2v) is 5.71. The quantitative estimate of drug-likeness (QED) is 0.813. The minimum atomic E-state index is -0.195. The standard InChI is InChI=1S/C15H21N5O3/c1-19-10-16-5-11(19)3-4-15(21)18-13-8-22-9-14(13)23-12-6-17-20(2)7-12/h5-7,10,13-14H,3-4,8-9H2,1-2H3,(H,18,21)/t13-,14+/m0/s1. The number of imidazole rings is 1. The van der Waals surface area contributed by atoms with E-state index in [0.29, 0.717) is 31.8 Å². The normalized spacial score (nSPS) is 20.6. The van der Waals surface area contributed by atoms with Crippen molar-refractivity contribution in [1.82, 2.24) is 24.6 Å². The fourth-order valence-corrected chi connectivity index (χ4v) is 2.57. The van der Waals surface area contributed by atoms with Gasteiger partial charge in [-0.2, -0.15) is 5.10 Å². The van der Waals surface area contributed by atoms with Gasteiger partial charge >= 0.3 is 0 Å². The lowest BCUT2D eigenvalue weighted by atomic mass is 10.2. The summed E-state index contributed by atoms with van der Waals surface area (Å²) in [5.41, 5.74) is 1.03. The summed E-state index contributed by atoms with van der Waals surface area (Å²) in [4.78, 5) is 16.2. The first-order valence-corrected chi connectivity index (χ1v) is 7.59. The van der Waals surface area contributed by atoms with Gasteiger partial charge in [0.05, 0.1) is 38.0 Å². The van der Waals surface area contributed by atoms with Crippen LogP contribution in [0.25, 0.3) is 0 Å². The summed E-state index contributed by atoms with van der Waals surface area (Å²) in [5.74, 6) is 0.665. The van der Waals surface area contributed by atoms with Crippen LogP contribution in [-0.4, -0.2) is 50.6 Å². The van der Waals surface area contributed by atoms with Gasteiger partial charge in [0.2, 0.25) is 5.91 Å². The highest BCUT2D eigenvalue weighted by atomic mass is 16.5. The van der Waals surface area contributed by atoms with Crippen molar-refractivity contribution in [2.24, 2.45) is 14.1 Å². The number of aromatic nitrogens is 4. The number of rotatable bonds is 6. The molecule has 1 aliphatic heterocycles. The topological polar surface area (TPSA) is 83.2 Å². The van der Waals surface area contributed by atoms with E-state index in [4.69, 9.17) is 9.47 Å². The van der Waals surface area contributed by atoms with Crippen LogP contribution in [-0.2, 0) is 30.0 Å². The lowest BCUT2D eigenvalue weighted by molar-refractivity contribution is -0.122. The number of nitrogens with zero attached hydrogens (tertiary/aromatic N) is 4. The lowest BCUT2D eigenvalue weighted by Crippen LogP contribution is -2.45. The molecule has 2 aromatic rings. The molecule has 0 radical (unpaired) electrons. The second kappa shape index (κ2) is 6.82. The predicted molar refractivity (Wildman–Crippen MR) is 81.9 cm³/mol. The van der Waals surface area contributed by atoms with Crippen molar-refractivity contribution in [3.05, 3.63) is 30.6 Å². The van der Waals surface area contributed by atoms with E-state index in [1.807, 2.05) is 18.7 Å². The number of amides is 1. The molecule has 0 spiro atoms. The average molecular weight is 319 g/mol. The summed E-state index contributed by atoms with van der Waals surface area (Å²) >= 11 is 0. The van der Waals surface area contributed by atoms with Gasteiger partial charge in [-0.15, -0.1) is 0 Å². The van der Waals surface area contributed by atoms with E-state index >= 15 is 0 Å². The molecule has 1 N–H and O–H groups in total. The van der Waals surface area contributed by atoms with E-state index in [2.05, 4.69) is 15.4 Å². The monoisotopic (exact) mass is 319 g/mol. The summed E-state index contributed by atoms with van der Waals surface area (Å²) in [7, 11) is 3.75. The van der Waals surface area contributed by atoms with Crippen molar-refractivity contribution >= 4 is 5.91 Å². The third-order valence-corrected chi connectivity index (χ3v) is 3.87. The Morgan fingerprint density at radius 1 is 1.43 bits per heavy atom. The van der Waals surface area contributed by atoms with Gasteiger partial charge in [-0.1, -0.05) is 0 Å². The molecule has 0 unspecified atom stereocenters. The Morgan fingerprint density at radius 3 is 3.00 bits per heavy atom. The number of carbonyl (C=O) groups excluding carboxylic acids is 1. The van der Waals surface area contributed by atoms with Gasteiger partial charge in [-0.05, 0) is 6.42 Å². The fraction of sp³-hybridized carbons (Fsp3) is 0.533. The Bertz CT molecular complexity index is 666. The van der Waals surface area contributed by atoms with Gasteiger partial charge in [0, 0.05) is 32.4 Å². The zero-order valence-corrected chi connectivity index (χ0v) is 13.3.